The second-order valence-electron chi connectivity index (χ2n) is 12.1. The summed E-state index contributed by atoms with van der Waals surface area (Å²) >= 11 is 0. The zero-order valence-electron chi connectivity index (χ0n) is 21.8. The van der Waals surface area contributed by atoms with E-state index in [2.05, 4.69) is 94.1 Å². The van der Waals surface area contributed by atoms with E-state index in [9.17, 15) is 0 Å². The number of aryl methyl sites for hydroxylation is 2. The molecule has 0 nitrogen and oxygen atoms in total. The van der Waals surface area contributed by atoms with Gasteiger partial charge in [0.25, 0.3) is 0 Å². The highest BCUT2D eigenvalue weighted by atomic mass is 14.6. The molecule has 0 heterocycles. The molecule has 0 N–H and O–H groups in total. The van der Waals surface area contributed by atoms with Gasteiger partial charge in [-0.2, -0.15) is 0 Å². The topological polar surface area (TPSA) is 0 Å². The van der Waals surface area contributed by atoms with Gasteiger partial charge < -0.3 is 0 Å². The van der Waals surface area contributed by atoms with Crippen molar-refractivity contribution >= 4 is 6.08 Å². The molecule has 2 aromatic rings. The minimum Gasteiger partial charge on any atom is -0.0952 e. The molecule has 0 spiro atoms. The van der Waals surface area contributed by atoms with Crippen molar-refractivity contribution in [3.05, 3.63) is 112 Å². The van der Waals surface area contributed by atoms with Crippen LogP contribution in [-0.2, 0) is 12.8 Å². The largest absolute Gasteiger partial charge is 0.0952 e. The second kappa shape index (κ2) is 8.81. The molecule has 0 aliphatic heterocycles. The predicted octanol–water partition coefficient (Wildman–Crippen LogP) is 9.08. The first-order valence-electron chi connectivity index (χ1n) is 13.9. The van der Waals surface area contributed by atoms with Crippen LogP contribution in [0.5, 0.6) is 0 Å². The van der Waals surface area contributed by atoms with Gasteiger partial charge in [-0.3, -0.25) is 0 Å². The first kappa shape index (κ1) is 22.8. The number of fused-ring (bicyclic) bond motifs is 2. The molecular formula is C35H40. The Morgan fingerprint density at radius 2 is 1.71 bits per heavy atom. The lowest BCUT2D eigenvalue weighted by Gasteiger charge is -2.33. The summed E-state index contributed by atoms with van der Waals surface area (Å²) in [4.78, 5) is 0. The van der Waals surface area contributed by atoms with Crippen LogP contribution < -0.4 is 0 Å². The Morgan fingerprint density at radius 1 is 0.943 bits per heavy atom. The van der Waals surface area contributed by atoms with E-state index in [1.165, 1.54) is 76.6 Å². The highest BCUT2D eigenvalue weighted by Gasteiger charge is 2.56. The number of benzene rings is 2. The van der Waals surface area contributed by atoms with Gasteiger partial charge >= 0.3 is 0 Å². The van der Waals surface area contributed by atoms with Crippen LogP contribution in [0.2, 0.25) is 0 Å². The monoisotopic (exact) mass is 460 g/mol. The van der Waals surface area contributed by atoms with E-state index < -0.39 is 0 Å². The maximum absolute atomic E-state index is 4.46. The summed E-state index contributed by atoms with van der Waals surface area (Å²) in [6, 6.07) is 13.8. The summed E-state index contributed by atoms with van der Waals surface area (Å²) < 4.78 is 0. The molecule has 3 unspecified atom stereocenters. The van der Waals surface area contributed by atoms with E-state index in [0.717, 1.165) is 30.6 Å². The normalized spacial score (nSPS) is 31.1. The Morgan fingerprint density at radius 3 is 2.46 bits per heavy atom. The summed E-state index contributed by atoms with van der Waals surface area (Å²) in [6.45, 7) is 11.4. The van der Waals surface area contributed by atoms with Crippen LogP contribution in [0.15, 0.2) is 78.4 Å². The molecule has 2 fully saturated rings. The summed E-state index contributed by atoms with van der Waals surface area (Å²) in [5.41, 5.74) is 11.8. The van der Waals surface area contributed by atoms with Gasteiger partial charge in [-0.15, -0.1) is 0 Å². The minimum absolute atomic E-state index is 0.357. The molecule has 4 aliphatic carbocycles. The van der Waals surface area contributed by atoms with Crippen molar-refractivity contribution in [2.75, 3.05) is 0 Å². The summed E-state index contributed by atoms with van der Waals surface area (Å²) in [7, 11) is 0. The summed E-state index contributed by atoms with van der Waals surface area (Å²) in [6.07, 6.45) is 21.4. The third kappa shape index (κ3) is 4.20. The Kier molecular flexibility index (Phi) is 5.75. The number of rotatable bonds is 5. The molecule has 3 atom stereocenters. The van der Waals surface area contributed by atoms with Gasteiger partial charge in [0.2, 0.25) is 0 Å². The van der Waals surface area contributed by atoms with Crippen LogP contribution in [0.25, 0.3) is 6.08 Å². The maximum Gasteiger partial charge on any atom is 0.0130 e. The highest BCUT2D eigenvalue weighted by Crippen LogP contribution is 2.65. The van der Waals surface area contributed by atoms with E-state index in [1.807, 2.05) is 0 Å². The van der Waals surface area contributed by atoms with Crippen molar-refractivity contribution in [1.82, 2.24) is 0 Å². The second-order valence-corrected chi connectivity index (χ2v) is 12.1. The molecular weight excluding hydrogens is 420 g/mol. The quantitative estimate of drug-likeness (QED) is 0.417. The minimum atomic E-state index is 0.357. The molecule has 6 rings (SSSR count). The third-order valence-electron chi connectivity index (χ3n) is 9.81. The Bertz CT molecular complexity index is 1220. The van der Waals surface area contributed by atoms with Gasteiger partial charge in [-0.25, -0.2) is 0 Å². The van der Waals surface area contributed by atoms with Crippen LogP contribution in [0.1, 0.15) is 78.3 Å². The first-order chi connectivity index (χ1) is 16.9. The molecule has 4 aliphatic rings. The molecule has 0 saturated heterocycles. The molecule has 2 saturated carbocycles. The zero-order chi connectivity index (χ0) is 24.2. The van der Waals surface area contributed by atoms with Gasteiger partial charge in [0, 0.05) is 5.92 Å². The van der Waals surface area contributed by atoms with Crippen molar-refractivity contribution < 1.29 is 0 Å². The van der Waals surface area contributed by atoms with E-state index in [1.54, 1.807) is 0 Å². The fraction of sp³-hybridized carbons (Fsp3) is 0.429. The van der Waals surface area contributed by atoms with Crippen LogP contribution in [0, 0.1) is 37.0 Å². The molecule has 180 valence electrons. The smallest absolute Gasteiger partial charge is 0.0130 e. The van der Waals surface area contributed by atoms with E-state index in [-0.39, 0.29) is 0 Å². The molecule has 0 radical (unpaired) electrons. The van der Waals surface area contributed by atoms with Gasteiger partial charge in [0.15, 0.2) is 0 Å². The van der Waals surface area contributed by atoms with Crippen molar-refractivity contribution in [1.29, 1.82) is 0 Å². The Labute approximate surface area is 212 Å². The maximum atomic E-state index is 4.46. The molecule has 0 heteroatoms. The molecule has 0 amide bonds. The van der Waals surface area contributed by atoms with Gasteiger partial charge in [0.1, 0.15) is 0 Å². The number of hydrogen-bond acceptors (Lipinski definition) is 0. The lowest BCUT2D eigenvalue weighted by Crippen LogP contribution is -2.23. The van der Waals surface area contributed by atoms with Gasteiger partial charge in [-0.05, 0) is 114 Å². The average Bonchev–Trinajstić information content (AvgIpc) is 3.58. The first-order valence-corrected chi connectivity index (χ1v) is 13.9. The van der Waals surface area contributed by atoms with Crippen LogP contribution in [-0.4, -0.2) is 0 Å². The number of hydrogen-bond donors (Lipinski definition) is 0. The fourth-order valence-electron chi connectivity index (χ4n) is 7.38. The van der Waals surface area contributed by atoms with Crippen molar-refractivity contribution in [2.24, 2.45) is 23.2 Å². The Hall–Kier alpha value is -2.60. The van der Waals surface area contributed by atoms with Gasteiger partial charge in [-0.1, -0.05) is 93.1 Å². The SMILES string of the molecule is C=C1C=Cc2ccc(CC3=CC4CC4(C4CCC(C)CC4)C=C3)cc2C1Cc1c(C)cccc1C. The molecule has 0 bridgehead atoms. The van der Waals surface area contributed by atoms with E-state index in [4.69, 9.17) is 0 Å². The predicted molar refractivity (Wildman–Crippen MR) is 150 cm³/mol. The van der Waals surface area contributed by atoms with E-state index in [0.29, 0.717) is 11.3 Å². The summed E-state index contributed by atoms with van der Waals surface area (Å²) in [5.74, 6) is 3.00. The highest BCUT2D eigenvalue weighted by molar-refractivity contribution is 5.65. The van der Waals surface area contributed by atoms with Crippen molar-refractivity contribution in [3.63, 3.8) is 0 Å². The van der Waals surface area contributed by atoms with Gasteiger partial charge in [0.05, 0.1) is 0 Å². The lowest BCUT2D eigenvalue weighted by atomic mass is 9.72. The summed E-state index contributed by atoms with van der Waals surface area (Å²) in [5, 5.41) is 0. The van der Waals surface area contributed by atoms with Crippen LogP contribution in [0.4, 0.5) is 0 Å². The molecule has 0 aromatic heterocycles. The average molecular weight is 461 g/mol. The standard InChI is InChI=1S/C35H40/c1-23-8-14-30(15-9-23)35-17-16-28(19-31(35)22-35)18-27-11-13-29-12-10-26(4)33(34(29)20-27)21-32-24(2)6-5-7-25(32)3/h5-7,10-13,16-17,19-20,23,30-31,33H,4,8-9,14-15,18,21-22H2,1-3H3. The van der Waals surface area contributed by atoms with Crippen molar-refractivity contribution in [3.8, 4) is 0 Å². The third-order valence-corrected chi connectivity index (χ3v) is 9.81. The zero-order valence-corrected chi connectivity index (χ0v) is 21.8. The van der Waals surface area contributed by atoms with Crippen molar-refractivity contribution in [2.45, 2.75) is 71.6 Å². The van der Waals surface area contributed by atoms with Crippen LogP contribution in [0.3, 0.4) is 0 Å². The fourth-order valence-corrected chi connectivity index (χ4v) is 7.38. The van der Waals surface area contributed by atoms with Crippen LogP contribution >= 0.6 is 0 Å². The Balaban J connectivity index is 1.21. The number of allylic oxidation sites excluding steroid dienone is 6. The molecule has 2 aromatic carbocycles. The van der Waals surface area contributed by atoms with E-state index >= 15 is 0 Å². The molecule has 35 heavy (non-hydrogen) atoms. The lowest BCUT2D eigenvalue weighted by molar-refractivity contribution is 0.219.